The van der Waals surface area contributed by atoms with Crippen LogP contribution in [0.15, 0.2) is 16.5 Å². The standard InChI is InChI=1S/C14H23NO2/c1-3-12-5-6-13(17-12)10-15-9-11-7-8-16-14(11)4-2/h5-6,11,14-15H,3-4,7-10H2,1-2H3. The summed E-state index contributed by atoms with van der Waals surface area (Å²) in [5.41, 5.74) is 0. The van der Waals surface area contributed by atoms with Crippen LogP contribution in [-0.2, 0) is 17.7 Å². The van der Waals surface area contributed by atoms with Gasteiger partial charge in [-0.25, -0.2) is 0 Å². The van der Waals surface area contributed by atoms with E-state index in [0.29, 0.717) is 12.0 Å². The van der Waals surface area contributed by atoms with Crippen LogP contribution >= 0.6 is 0 Å². The zero-order valence-electron chi connectivity index (χ0n) is 10.9. The molecule has 0 aromatic carbocycles. The zero-order chi connectivity index (χ0) is 12.1. The van der Waals surface area contributed by atoms with E-state index in [1.54, 1.807) is 0 Å². The molecule has 17 heavy (non-hydrogen) atoms. The predicted octanol–water partition coefficient (Wildman–Crippen LogP) is 2.75. The third kappa shape index (κ3) is 3.33. The monoisotopic (exact) mass is 237 g/mol. The average molecular weight is 237 g/mol. The molecule has 0 bridgehead atoms. The van der Waals surface area contributed by atoms with Crippen molar-refractivity contribution in [2.45, 2.75) is 45.8 Å². The van der Waals surface area contributed by atoms with Gasteiger partial charge in [-0.1, -0.05) is 13.8 Å². The molecular weight excluding hydrogens is 214 g/mol. The molecule has 1 aliphatic heterocycles. The minimum Gasteiger partial charge on any atom is -0.465 e. The van der Waals surface area contributed by atoms with E-state index in [2.05, 4.69) is 31.3 Å². The van der Waals surface area contributed by atoms with Gasteiger partial charge in [-0.2, -0.15) is 0 Å². The molecule has 0 spiro atoms. The molecule has 0 saturated carbocycles. The molecule has 0 radical (unpaired) electrons. The van der Waals surface area contributed by atoms with E-state index in [1.165, 1.54) is 6.42 Å². The first-order chi connectivity index (χ1) is 8.33. The van der Waals surface area contributed by atoms with Crippen LogP contribution in [0, 0.1) is 5.92 Å². The molecule has 3 nitrogen and oxygen atoms in total. The fourth-order valence-electron chi connectivity index (χ4n) is 2.47. The Morgan fingerprint density at radius 2 is 2.12 bits per heavy atom. The second-order valence-electron chi connectivity index (χ2n) is 4.72. The molecule has 0 aliphatic carbocycles. The van der Waals surface area contributed by atoms with Gasteiger partial charge in [-0.15, -0.1) is 0 Å². The summed E-state index contributed by atoms with van der Waals surface area (Å²) in [5, 5.41) is 3.47. The largest absolute Gasteiger partial charge is 0.465 e. The van der Waals surface area contributed by atoms with Crippen molar-refractivity contribution in [1.82, 2.24) is 5.32 Å². The normalized spacial score (nSPS) is 24.4. The van der Waals surface area contributed by atoms with E-state index in [4.69, 9.17) is 9.15 Å². The SMILES string of the molecule is CCc1ccc(CNCC2CCOC2CC)o1. The fourth-order valence-corrected chi connectivity index (χ4v) is 2.47. The molecule has 1 aromatic heterocycles. The van der Waals surface area contributed by atoms with Crippen molar-refractivity contribution < 1.29 is 9.15 Å². The molecule has 1 fully saturated rings. The predicted molar refractivity (Wildman–Crippen MR) is 67.9 cm³/mol. The van der Waals surface area contributed by atoms with E-state index < -0.39 is 0 Å². The first-order valence-corrected chi connectivity index (χ1v) is 6.73. The summed E-state index contributed by atoms with van der Waals surface area (Å²) in [6.45, 7) is 7.08. The highest BCUT2D eigenvalue weighted by Gasteiger charge is 2.25. The molecule has 3 heteroatoms. The van der Waals surface area contributed by atoms with Crippen LogP contribution in [0.25, 0.3) is 0 Å². The number of nitrogens with one attached hydrogen (secondary N) is 1. The Labute approximate surface area is 104 Å². The van der Waals surface area contributed by atoms with Crippen molar-refractivity contribution in [3.63, 3.8) is 0 Å². The van der Waals surface area contributed by atoms with Crippen molar-refractivity contribution in [3.05, 3.63) is 23.7 Å². The van der Waals surface area contributed by atoms with Crippen molar-refractivity contribution >= 4 is 0 Å². The maximum Gasteiger partial charge on any atom is 0.117 e. The lowest BCUT2D eigenvalue weighted by molar-refractivity contribution is 0.0871. The minimum atomic E-state index is 0.449. The summed E-state index contributed by atoms with van der Waals surface area (Å²) >= 11 is 0. The lowest BCUT2D eigenvalue weighted by Gasteiger charge is -2.16. The second-order valence-corrected chi connectivity index (χ2v) is 4.72. The van der Waals surface area contributed by atoms with Gasteiger partial charge in [0.25, 0.3) is 0 Å². The summed E-state index contributed by atoms with van der Waals surface area (Å²) in [5.74, 6) is 2.77. The van der Waals surface area contributed by atoms with E-state index in [0.717, 1.165) is 44.1 Å². The Morgan fingerprint density at radius 3 is 2.82 bits per heavy atom. The average Bonchev–Trinajstić information content (AvgIpc) is 2.97. The Kier molecular flexibility index (Phi) is 4.63. The quantitative estimate of drug-likeness (QED) is 0.826. The summed E-state index contributed by atoms with van der Waals surface area (Å²) in [4.78, 5) is 0. The minimum absolute atomic E-state index is 0.449. The molecule has 1 saturated heterocycles. The molecule has 2 unspecified atom stereocenters. The number of hydrogen-bond donors (Lipinski definition) is 1. The highest BCUT2D eigenvalue weighted by Crippen LogP contribution is 2.22. The Bertz CT molecular complexity index is 335. The van der Waals surface area contributed by atoms with Crippen molar-refractivity contribution in [2.75, 3.05) is 13.2 Å². The molecule has 2 atom stereocenters. The van der Waals surface area contributed by atoms with Crippen LogP contribution in [0.4, 0.5) is 0 Å². The zero-order valence-corrected chi connectivity index (χ0v) is 10.9. The maximum atomic E-state index is 5.68. The first-order valence-electron chi connectivity index (χ1n) is 6.73. The van der Waals surface area contributed by atoms with Gasteiger partial charge in [0.15, 0.2) is 0 Å². The van der Waals surface area contributed by atoms with Crippen LogP contribution in [-0.4, -0.2) is 19.3 Å². The lowest BCUT2D eigenvalue weighted by Crippen LogP contribution is -2.27. The molecule has 1 aromatic rings. The van der Waals surface area contributed by atoms with Gasteiger partial charge in [0.05, 0.1) is 12.6 Å². The summed E-state index contributed by atoms with van der Waals surface area (Å²) in [6.07, 6.45) is 3.72. The van der Waals surface area contributed by atoms with Crippen LogP contribution < -0.4 is 5.32 Å². The highest BCUT2D eigenvalue weighted by molar-refractivity contribution is 5.06. The Morgan fingerprint density at radius 1 is 1.29 bits per heavy atom. The van der Waals surface area contributed by atoms with Gasteiger partial charge in [0.1, 0.15) is 11.5 Å². The van der Waals surface area contributed by atoms with Crippen molar-refractivity contribution in [1.29, 1.82) is 0 Å². The number of rotatable bonds is 6. The number of aryl methyl sites for hydroxylation is 1. The van der Waals surface area contributed by atoms with E-state index >= 15 is 0 Å². The summed E-state index contributed by atoms with van der Waals surface area (Å²) < 4.78 is 11.3. The molecular formula is C14H23NO2. The molecule has 96 valence electrons. The van der Waals surface area contributed by atoms with Gasteiger partial charge in [0.2, 0.25) is 0 Å². The van der Waals surface area contributed by atoms with Gasteiger partial charge in [-0.3, -0.25) is 0 Å². The van der Waals surface area contributed by atoms with Gasteiger partial charge in [0, 0.05) is 19.6 Å². The smallest absolute Gasteiger partial charge is 0.117 e. The number of hydrogen-bond acceptors (Lipinski definition) is 3. The van der Waals surface area contributed by atoms with Gasteiger partial charge < -0.3 is 14.5 Å². The van der Waals surface area contributed by atoms with Gasteiger partial charge >= 0.3 is 0 Å². The van der Waals surface area contributed by atoms with E-state index in [9.17, 15) is 0 Å². The first kappa shape index (κ1) is 12.7. The fraction of sp³-hybridized carbons (Fsp3) is 0.714. The summed E-state index contributed by atoms with van der Waals surface area (Å²) in [7, 11) is 0. The number of ether oxygens (including phenoxy) is 1. The molecule has 1 N–H and O–H groups in total. The lowest BCUT2D eigenvalue weighted by atomic mass is 10.00. The molecule has 1 aliphatic rings. The van der Waals surface area contributed by atoms with Crippen LogP contribution in [0.3, 0.4) is 0 Å². The number of furan rings is 1. The molecule has 2 heterocycles. The Hall–Kier alpha value is -0.800. The maximum absolute atomic E-state index is 5.68. The van der Waals surface area contributed by atoms with Crippen molar-refractivity contribution in [2.24, 2.45) is 5.92 Å². The third-order valence-electron chi connectivity index (χ3n) is 3.52. The summed E-state index contributed by atoms with van der Waals surface area (Å²) in [6, 6.07) is 4.12. The van der Waals surface area contributed by atoms with Crippen LogP contribution in [0.5, 0.6) is 0 Å². The highest BCUT2D eigenvalue weighted by atomic mass is 16.5. The topological polar surface area (TPSA) is 34.4 Å². The molecule has 2 rings (SSSR count). The molecule has 0 amide bonds. The third-order valence-corrected chi connectivity index (χ3v) is 3.52. The van der Waals surface area contributed by atoms with Gasteiger partial charge in [-0.05, 0) is 30.9 Å². The van der Waals surface area contributed by atoms with E-state index in [1.807, 2.05) is 0 Å². The van der Waals surface area contributed by atoms with Crippen molar-refractivity contribution in [3.8, 4) is 0 Å². The van der Waals surface area contributed by atoms with E-state index in [-0.39, 0.29) is 0 Å². The second kappa shape index (κ2) is 6.22. The Balaban J connectivity index is 1.72. The van der Waals surface area contributed by atoms with Crippen LogP contribution in [0.1, 0.15) is 38.2 Å². The van der Waals surface area contributed by atoms with Crippen LogP contribution in [0.2, 0.25) is 0 Å².